The second-order valence-electron chi connectivity index (χ2n) is 3.78. The molecule has 0 spiro atoms. The van der Waals surface area contributed by atoms with Crippen molar-refractivity contribution in [2.45, 2.75) is 13.2 Å². The van der Waals surface area contributed by atoms with Crippen molar-refractivity contribution in [2.24, 2.45) is 5.73 Å². The van der Waals surface area contributed by atoms with Gasteiger partial charge in [-0.15, -0.1) is 11.3 Å². The number of halogens is 1. The number of hydrogen-bond donors (Lipinski definition) is 1. The van der Waals surface area contributed by atoms with Crippen LogP contribution in [0.5, 0.6) is 0 Å². The van der Waals surface area contributed by atoms with Crippen molar-refractivity contribution in [3.05, 3.63) is 57.5 Å². The highest BCUT2D eigenvalue weighted by atomic mass is 32.1. The van der Waals surface area contributed by atoms with Gasteiger partial charge in [-0.2, -0.15) is 0 Å². The third-order valence-corrected chi connectivity index (χ3v) is 3.42. The highest BCUT2D eigenvalue weighted by molar-refractivity contribution is 7.80. The Balaban J connectivity index is 1.98. The Hall–Kier alpha value is -1.30. The van der Waals surface area contributed by atoms with E-state index in [1.165, 1.54) is 12.1 Å². The maximum atomic E-state index is 13.3. The average molecular weight is 281 g/mol. The zero-order valence-corrected chi connectivity index (χ0v) is 11.2. The zero-order valence-electron chi connectivity index (χ0n) is 9.56. The summed E-state index contributed by atoms with van der Waals surface area (Å²) in [6.45, 7) is 0.863. The molecule has 18 heavy (non-hydrogen) atoms. The van der Waals surface area contributed by atoms with Crippen molar-refractivity contribution < 1.29 is 9.13 Å². The lowest BCUT2D eigenvalue weighted by Gasteiger charge is -2.06. The van der Waals surface area contributed by atoms with E-state index >= 15 is 0 Å². The molecule has 0 aliphatic rings. The van der Waals surface area contributed by atoms with Crippen LogP contribution in [-0.4, -0.2) is 4.99 Å². The van der Waals surface area contributed by atoms with Crippen LogP contribution in [-0.2, 0) is 18.0 Å². The van der Waals surface area contributed by atoms with Crippen LogP contribution in [0.15, 0.2) is 35.7 Å². The Labute approximate surface area is 114 Å². The number of rotatable bonds is 5. The molecule has 0 amide bonds. The molecule has 1 heterocycles. The molecule has 0 saturated carbocycles. The fraction of sp³-hybridized carbons (Fsp3) is 0.154. The van der Waals surface area contributed by atoms with E-state index in [2.05, 4.69) is 0 Å². The molecule has 0 radical (unpaired) electrons. The number of thiocarbonyl (C=S) groups is 1. The van der Waals surface area contributed by atoms with E-state index in [9.17, 15) is 4.39 Å². The molecule has 1 aromatic heterocycles. The maximum absolute atomic E-state index is 13.3. The summed E-state index contributed by atoms with van der Waals surface area (Å²) in [7, 11) is 0. The smallest absolute Gasteiger partial charge is 0.124 e. The third kappa shape index (κ3) is 3.60. The predicted molar refractivity (Wildman–Crippen MR) is 75.1 cm³/mol. The largest absolute Gasteiger partial charge is 0.389 e. The van der Waals surface area contributed by atoms with Gasteiger partial charge in [-0.3, -0.25) is 0 Å². The highest BCUT2D eigenvalue weighted by Crippen LogP contribution is 2.13. The number of nitrogens with two attached hydrogens (primary N) is 1. The summed E-state index contributed by atoms with van der Waals surface area (Å²) in [5.74, 6) is -0.352. The maximum Gasteiger partial charge on any atom is 0.124 e. The zero-order chi connectivity index (χ0) is 13.0. The molecule has 0 bridgehead atoms. The standard InChI is InChI=1S/C13H12FNOS2/c14-11-5-9(4-10(6-11)13(15)17)7-16-8-12-2-1-3-18-12/h1-6H,7-8H2,(H2,15,17). The van der Waals surface area contributed by atoms with E-state index in [1.807, 2.05) is 17.5 Å². The fourth-order valence-corrected chi connectivity index (χ4v) is 2.30. The molecule has 5 heteroatoms. The Kier molecular flexibility index (Phi) is 4.41. The van der Waals surface area contributed by atoms with Crippen LogP contribution in [0, 0.1) is 5.82 Å². The molecule has 1 aromatic carbocycles. The lowest BCUT2D eigenvalue weighted by molar-refractivity contribution is 0.109. The Bertz CT molecular complexity index is 540. The molecular weight excluding hydrogens is 269 g/mol. The lowest BCUT2D eigenvalue weighted by Crippen LogP contribution is -2.10. The number of hydrogen-bond acceptors (Lipinski definition) is 3. The van der Waals surface area contributed by atoms with Crippen molar-refractivity contribution in [1.29, 1.82) is 0 Å². The molecule has 0 aliphatic carbocycles. The Morgan fingerprint density at radius 1 is 1.33 bits per heavy atom. The third-order valence-electron chi connectivity index (χ3n) is 2.34. The van der Waals surface area contributed by atoms with Gasteiger partial charge in [0.15, 0.2) is 0 Å². The van der Waals surface area contributed by atoms with Crippen LogP contribution in [0.4, 0.5) is 4.39 Å². The van der Waals surface area contributed by atoms with E-state index in [-0.39, 0.29) is 10.8 Å². The second kappa shape index (κ2) is 6.04. The molecule has 2 rings (SSSR count). The van der Waals surface area contributed by atoms with Crippen LogP contribution in [0.1, 0.15) is 16.0 Å². The quantitative estimate of drug-likeness (QED) is 0.855. The van der Waals surface area contributed by atoms with E-state index < -0.39 is 0 Å². The van der Waals surface area contributed by atoms with Crippen molar-refractivity contribution in [1.82, 2.24) is 0 Å². The van der Waals surface area contributed by atoms with Gasteiger partial charge in [-0.05, 0) is 35.2 Å². The van der Waals surface area contributed by atoms with Crippen LogP contribution < -0.4 is 5.73 Å². The summed E-state index contributed by atoms with van der Waals surface area (Å²) in [4.78, 5) is 1.33. The van der Waals surface area contributed by atoms with Gasteiger partial charge >= 0.3 is 0 Å². The van der Waals surface area contributed by atoms with Gasteiger partial charge in [0.05, 0.1) is 13.2 Å². The monoisotopic (exact) mass is 281 g/mol. The summed E-state index contributed by atoms with van der Waals surface area (Å²) in [5.41, 5.74) is 6.74. The van der Waals surface area contributed by atoms with Gasteiger partial charge in [-0.1, -0.05) is 18.3 Å². The van der Waals surface area contributed by atoms with Crippen molar-refractivity contribution in [3.63, 3.8) is 0 Å². The minimum Gasteiger partial charge on any atom is -0.389 e. The van der Waals surface area contributed by atoms with Crippen molar-refractivity contribution in [3.8, 4) is 0 Å². The molecule has 0 aliphatic heterocycles. The SMILES string of the molecule is NC(=S)c1cc(F)cc(COCc2cccs2)c1. The van der Waals surface area contributed by atoms with Crippen LogP contribution in [0.3, 0.4) is 0 Å². The van der Waals surface area contributed by atoms with Gasteiger partial charge in [0.2, 0.25) is 0 Å². The van der Waals surface area contributed by atoms with E-state index in [0.29, 0.717) is 18.8 Å². The summed E-state index contributed by atoms with van der Waals surface area (Å²) >= 11 is 6.46. The molecule has 0 fully saturated rings. The number of benzene rings is 1. The summed E-state index contributed by atoms with van der Waals surface area (Å²) in [6.07, 6.45) is 0. The first-order valence-electron chi connectivity index (χ1n) is 5.34. The van der Waals surface area contributed by atoms with Crippen LogP contribution >= 0.6 is 23.6 Å². The van der Waals surface area contributed by atoms with Crippen LogP contribution in [0.2, 0.25) is 0 Å². The van der Waals surface area contributed by atoms with E-state index in [1.54, 1.807) is 17.4 Å². The predicted octanol–water partition coefficient (Wildman–Crippen LogP) is 3.24. The molecule has 0 unspecified atom stereocenters. The van der Waals surface area contributed by atoms with Gasteiger partial charge < -0.3 is 10.5 Å². The minimum atomic E-state index is -0.352. The second-order valence-corrected chi connectivity index (χ2v) is 5.26. The molecule has 2 N–H and O–H groups in total. The summed E-state index contributed by atoms with van der Waals surface area (Å²) < 4.78 is 18.8. The van der Waals surface area contributed by atoms with Gasteiger partial charge in [0.1, 0.15) is 10.8 Å². The molecular formula is C13H12FNOS2. The number of thiophene rings is 1. The Morgan fingerprint density at radius 3 is 2.83 bits per heavy atom. The minimum absolute atomic E-state index is 0.189. The topological polar surface area (TPSA) is 35.2 Å². The summed E-state index contributed by atoms with van der Waals surface area (Å²) in [5, 5.41) is 1.99. The molecule has 2 nitrogen and oxygen atoms in total. The first-order chi connectivity index (χ1) is 8.65. The first kappa shape index (κ1) is 13.1. The summed E-state index contributed by atoms with van der Waals surface area (Å²) in [6, 6.07) is 8.47. The van der Waals surface area contributed by atoms with Gasteiger partial charge in [0, 0.05) is 10.4 Å². The molecule has 2 aromatic rings. The van der Waals surface area contributed by atoms with E-state index in [0.717, 1.165) is 10.4 Å². The van der Waals surface area contributed by atoms with Gasteiger partial charge in [0.25, 0.3) is 0 Å². The van der Waals surface area contributed by atoms with Crippen molar-refractivity contribution in [2.75, 3.05) is 0 Å². The molecule has 0 atom stereocenters. The normalized spacial score (nSPS) is 10.5. The van der Waals surface area contributed by atoms with Crippen molar-refractivity contribution >= 4 is 28.5 Å². The highest BCUT2D eigenvalue weighted by Gasteiger charge is 2.03. The Morgan fingerprint density at radius 2 is 2.17 bits per heavy atom. The number of ether oxygens (including phenoxy) is 1. The first-order valence-corrected chi connectivity index (χ1v) is 6.63. The molecule has 0 saturated heterocycles. The lowest BCUT2D eigenvalue weighted by atomic mass is 10.1. The van der Waals surface area contributed by atoms with Crippen LogP contribution in [0.25, 0.3) is 0 Å². The fourth-order valence-electron chi connectivity index (χ4n) is 1.54. The van der Waals surface area contributed by atoms with Gasteiger partial charge in [-0.25, -0.2) is 4.39 Å². The van der Waals surface area contributed by atoms with E-state index in [4.69, 9.17) is 22.7 Å². The molecule has 94 valence electrons. The average Bonchev–Trinajstić information content (AvgIpc) is 2.81.